The van der Waals surface area contributed by atoms with Gasteiger partial charge in [-0.25, -0.2) is 0 Å². The van der Waals surface area contributed by atoms with Crippen molar-refractivity contribution in [1.29, 1.82) is 0 Å². The molecule has 104 valence electrons. The van der Waals surface area contributed by atoms with Crippen molar-refractivity contribution in [3.05, 3.63) is 29.8 Å². The van der Waals surface area contributed by atoms with Crippen LogP contribution in [0.3, 0.4) is 0 Å². The molecule has 0 atom stereocenters. The van der Waals surface area contributed by atoms with Crippen LogP contribution in [0.2, 0.25) is 0 Å². The van der Waals surface area contributed by atoms with Gasteiger partial charge in [-0.05, 0) is 43.7 Å². The predicted molar refractivity (Wildman–Crippen MR) is 78.1 cm³/mol. The number of benzene rings is 1. The van der Waals surface area contributed by atoms with Gasteiger partial charge in [-0.15, -0.1) is 0 Å². The van der Waals surface area contributed by atoms with Crippen molar-refractivity contribution in [1.82, 2.24) is 9.80 Å². The van der Waals surface area contributed by atoms with Gasteiger partial charge < -0.3 is 15.5 Å². The quantitative estimate of drug-likeness (QED) is 0.844. The fourth-order valence-corrected chi connectivity index (χ4v) is 2.62. The summed E-state index contributed by atoms with van der Waals surface area (Å²) in [5, 5.41) is 0. The van der Waals surface area contributed by atoms with E-state index in [1.807, 2.05) is 11.9 Å². The molecule has 0 saturated carbocycles. The molecule has 1 saturated heterocycles. The number of hydrogen-bond donors (Lipinski definition) is 1. The maximum Gasteiger partial charge on any atom is 0.253 e. The zero-order chi connectivity index (χ0) is 13.8. The average molecular weight is 261 g/mol. The topological polar surface area (TPSA) is 49.6 Å². The van der Waals surface area contributed by atoms with Gasteiger partial charge in [0.15, 0.2) is 0 Å². The molecule has 1 aromatic rings. The van der Waals surface area contributed by atoms with Crippen LogP contribution in [0, 0.1) is 0 Å². The summed E-state index contributed by atoms with van der Waals surface area (Å²) in [5.74, 6) is 0.0925. The van der Waals surface area contributed by atoms with E-state index in [9.17, 15) is 4.79 Å². The molecule has 0 aliphatic carbocycles. The molecule has 1 aliphatic heterocycles. The van der Waals surface area contributed by atoms with Crippen molar-refractivity contribution in [2.45, 2.75) is 25.8 Å². The highest BCUT2D eigenvalue weighted by molar-refractivity contribution is 5.94. The minimum Gasteiger partial charge on any atom is -0.399 e. The molecule has 0 unspecified atom stereocenters. The lowest BCUT2D eigenvalue weighted by atomic mass is 10.0. The Kier molecular flexibility index (Phi) is 4.43. The number of nitrogen functional groups attached to an aromatic ring is 1. The number of hydrogen-bond acceptors (Lipinski definition) is 3. The molecule has 1 fully saturated rings. The lowest BCUT2D eigenvalue weighted by Gasteiger charge is -2.36. The zero-order valence-electron chi connectivity index (χ0n) is 11.8. The Morgan fingerprint density at radius 3 is 2.42 bits per heavy atom. The van der Waals surface area contributed by atoms with Crippen LogP contribution >= 0.6 is 0 Å². The zero-order valence-corrected chi connectivity index (χ0v) is 11.8. The number of nitrogens with two attached hydrogens (primary N) is 1. The normalized spacial score (nSPS) is 17.4. The van der Waals surface area contributed by atoms with Crippen LogP contribution in [0.15, 0.2) is 24.3 Å². The molecule has 0 bridgehead atoms. The number of carbonyl (C=O) groups is 1. The fourth-order valence-electron chi connectivity index (χ4n) is 2.62. The van der Waals surface area contributed by atoms with Crippen molar-refractivity contribution >= 4 is 11.6 Å². The van der Waals surface area contributed by atoms with Gasteiger partial charge in [-0.1, -0.05) is 6.92 Å². The Balaban J connectivity index is 1.98. The smallest absolute Gasteiger partial charge is 0.253 e. The molecule has 0 aromatic heterocycles. The van der Waals surface area contributed by atoms with Crippen LogP contribution in [0.4, 0.5) is 5.69 Å². The highest BCUT2D eigenvalue weighted by atomic mass is 16.2. The van der Waals surface area contributed by atoms with Gasteiger partial charge in [0.1, 0.15) is 0 Å². The van der Waals surface area contributed by atoms with E-state index in [1.165, 1.54) is 0 Å². The highest BCUT2D eigenvalue weighted by Crippen LogP contribution is 2.17. The summed E-state index contributed by atoms with van der Waals surface area (Å²) >= 11 is 0. The first-order valence-electron chi connectivity index (χ1n) is 6.97. The minimum absolute atomic E-state index is 0.0925. The number of nitrogens with zero attached hydrogens (tertiary/aromatic N) is 2. The predicted octanol–water partition coefficient (Wildman–Crippen LogP) is 1.83. The van der Waals surface area contributed by atoms with Gasteiger partial charge in [-0.3, -0.25) is 4.79 Å². The molecule has 2 rings (SSSR count). The van der Waals surface area contributed by atoms with Gasteiger partial charge in [-0.2, -0.15) is 0 Å². The van der Waals surface area contributed by atoms with E-state index in [4.69, 9.17) is 5.73 Å². The summed E-state index contributed by atoms with van der Waals surface area (Å²) in [5.41, 5.74) is 7.05. The summed E-state index contributed by atoms with van der Waals surface area (Å²) in [6, 6.07) is 7.51. The SMILES string of the molecule is CCN1CCC(N(C)C(=O)c2ccc(N)cc2)CC1. The summed E-state index contributed by atoms with van der Waals surface area (Å²) < 4.78 is 0. The van der Waals surface area contributed by atoms with Gasteiger partial charge in [0.2, 0.25) is 0 Å². The molecule has 2 N–H and O–H groups in total. The third-order valence-corrected chi connectivity index (χ3v) is 4.03. The molecule has 4 heteroatoms. The summed E-state index contributed by atoms with van der Waals surface area (Å²) in [7, 11) is 1.91. The Labute approximate surface area is 115 Å². The van der Waals surface area contributed by atoms with E-state index < -0.39 is 0 Å². The van der Waals surface area contributed by atoms with Crippen LogP contribution < -0.4 is 5.73 Å². The molecule has 1 aliphatic rings. The second kappa shape index (κ2) is 6.06. The van der Waals surface area contributed by atoms with Crippen molar-refractivity contribution in [2.75, 3.05) is 32.4 Å². The minimum atomic E-state index is 0.0925. The van der Waals surface area contributed by atoms with E-state index in [0.29, 0.717) is 11.7 Å². The largest absolute Gasteiger partial charge is 0.399 e. The average Bonchev–Trinajstić information content (AvgIpc) is 2.46. The number of piperidine rings is 1. The monoisotopic (exact) mass is 261 g/mol. The lowest BCUT2D eigenvalue weighted by Crippen LogP contribution is -2.45. The van der Waals surface area contributed by atoms with Gasteiger partial charge in [0.25, 0.3) is 5.91 Å². The molecule has 0 spiro atoms. The van der Waals surface area contributed by atoms with Crippen LogP contribution in [0.1, 0.15) is 30.1 Å². The lowest BCUT2D eigenvalue weighted by molar-refractivity contribution is 0.0647. The maximum atomic E-state index is 12.4. The third kappa shape index (κ3) is 3.26. The molecular formula is C15H23N3O. The molecule has 1 amide bonds. The molecule has 19 heavy (non-hydrogen) atoms. The molecule has 1 heterocycles. The van der Waals surface area contributed by atoms with E-state index >= 15 is 0 Å². The third-order valence-electron chi connectivity index (χ3n) is 4.03. The number of amides is 1. The molecule has 0 radical (unpaired) electrons. The second-order valence-corrected chi connectivity index (χ2v) is 5.20. The summed E-state index contributed by atoms with van der Waals surface area (Å²) in [6.45, 7) is 5.45. The van der Waals surface area contributed by atoms with E-state index in [2.05, 4.69) is 11.8 Å². The molecule has 1 aromatic carbocycles. The Morgan fingerprint density at radius 2 is 1.89 bits per heavy atom. The van der Waals surface area contributed by atoms with Crippen molar-refractivity contribution in [3.8, 4) is 0 Å². The molecular weight excluding hydrogens is 238 g/mol. The van der Waals surface area contributed by atoms with E-state index in [1.54, 1.807) is 24.3 Å². The van der Waals surface area contributed by atoms with Gasteiger partial charge >= 0.3 is 0 Å². The van der Waals surface area contributed by atoms with Crippen molar-refractivity contribution in [3.63, 3.8) is 0 Å². The Morgan fingerprint density at radius 1 is 1.32 bits per heavy atom. The van der Waals surface area contributed by atoms with Crippen LogP contribution in [-0.4, -0.2) is 48.4 Å². The summed E-state index contributed by atoms with van der Waals surface area (Å²) in [6.07, 6.45) is 2.12. The second-order valence-electron chi connectivity index (χ2n) is 5.20. The van der Waals surface area contributed by atoms with Crippen molar-refractivity contribution < 1.29 is 4.79 Å². The van der Waals surface area contributed by atoms with E-state index in [0.717, 1.165) is 38.0 Å². The number of likely N-dealkylation sites (tertiary alicyclic amines) is 1. The highest BCUT2D eigenvalue weighted by Gasteiger charge is 2.25. The van der Waals surface area contributed by atoms with Gasteiger partial charge in [0.05, 0.1) is 0 Å². The van der Waals surface area contributed by atoms with Crippen LogP contribution in [0.5, 0.6) is 0 Å². The number of anilines is 1. The standard InChI is InChI=1S/C15H23N3O/c1-3-18-10-8-14(9-11-18)17(2)15(19)12-4-6-13(16)7-5-12/h4-7,14H,3,8-11,16H2,1-2H3. The van der Waals surface area contributed by atoms with E-state index in [-0.39, 0.29) is 5.91 Å². The first kappa shape index (κ1) is 13.9. The summed E-state index contributed by atoms with van der Waals surface area (Å²) in [4.78, 5) is 16.7. The van der Waals surface area contributed by atoms with Gasteiger partial charge in [0, 0.05) is 37.4 Å². The Bertz CT molecular complexity index is 422. The first-order valence-corrected chi connectivity index (χ1v) is 6.97. The molecule has 4 nitrogen and oxygen atoms in total. The first-order chi connectivity index (χ1) is 9.11. The number of rotatable bonds is 3. The van der Waals surface area contributed by atoms with Crippen LogP contribution in [-0.2, 0) is 0 Å². The maximum absolute atomic E-state index is 12.4. The number of carbonyl (C=O) groups excluding carboxylic acids is 1. The van der Waals surface area contributed by atoms with Crippen molar-refractivity contribution in [2.24, 2.45) is 0 Å². The Hall–Kier alpha value is -1.55. The van der Waals surface area contributed by atoms with Crippen LogP contribution in [0.25, 0.3) is 0 Å². The fraction of sp³-hybridized carbons (Fsp3) is 0.533.